The van der Waals surface area contributed by atoms with Crippen molar-refractivity contribution in [3.05, 3.63) is 29.8 Å². The molecule has 0 spiro atoms. The van der Waals surface area contributed by atoms with Gasteiger partial charge < -0.3 is 9.47 Å². The number of aromatic nitrogens is 2. The molecule has 2 heterocycles. The average molecular weight is 396 g/mol. The minimum absolute atomic E-state index is 0.0804. The summed E-state index contributed by atoms with van der Waals surface area (Å²) >= 11 is 1.45. The molecular formula is C15H16N4O5S2. The van der Waals surface area contributed by atoms with E-state index in [1.54, 1.807) is 6.07 Å². The second-order valence-corrected chi connectivity index (χ2v) is 7.93. The minimum Gasteiger partial charge on any atom is -0.481 e. The Labute approximate surface area is 154 Å². The van der Waals surface area contributed by atoms with Gasteiger partial charge in [-0.2, -0.15) is 9.97 Å². The van der Waals surface area contributed by atoms with Crippen molar-refractivity contribution in [3.8, 4) is 11.8 Å². The van der Waals surface area contributed by atoms with Crippen LogP contribution in [0.15, 0.2) is 34.1 Å². The van der Waals surface area contributed by atoms with E-state index >= 15 is 0 Å². The number of carbonyl (C=O) groups is 1. The molecule has 26 heavy (non-hydrogen) atoms. The normalized spacial score (nSPS) is 13.0. The number of hydrogen-bond acceptors (Lipinski definition) is 8. The first-order valence-corrected chi connectivity index (χ1v) is 9.95. The fourth-order valence-electron chi connectivity index (χ4n) is 2.37. The van der Waals surface area contributed by atoms with E-state index in [0.29, 0.717) is 4.90 Å². The third kappa shape index (κ3) is 3.83. The molecule has 0 bridgehead atoms. The van der Waals surface area contributed by atoms with Crippen LogP contribution in [0.2, 0.25) is 0 Å². The van der Waals surface area contributed by atoms with Gasteiger partial charge in [-0.05, 0) is 18.1 Å². The molecule has 1 aromatic heterocycles. The molecule has 0 unspecified atom stereocenters. The van der Waals surface area contributed by atoms with Crippen LogP contribution in [0, 0.1) is 0 Å². The van der Waals surface area contributed by atoms with Crippen LogP contribution in [0.25, 0.3) is 0 Å². The van der Waals surface area contributed by atoms with Crippen molar-refractivity contribution in [3.63, 3.8) is 0 Å². The number of ether oxygens (including phenoxy) is 2. The van der Waals surface area contributed by atoms with Gasteiger partial charge in [-0.15, -0.1) is 11.8 Å². The maximum atomic E-state index is 12.6. The highest BCUT2D eigenvalue weighted by Crippen LogP contribution is 2.36. The Morgan fingerprint density at radius 1 is 1.19 bits per heavy atom. The number of nitrogens with one attached hydrogen (secondary N) is 2. The van der Waals surface area contributed by atoms with Gasteiger partial charge in [0.15, 0.2) is 0 Å². The molecule has 0 saturated carbocycles. The van der Waals surface area contributed by atoms with Gasteiger partial charge in [-0.1, -0.05) is 12.1 Å². The number of amides is 2. The standard InChI is InChI=1S/C15H16N4O5S2/c1-23-11-8-12(24-2)17-14(16-11)18-15(20)19-26(21,22)10-5-3-4-9-6-7-25-13(9)10/h3-5,8H,6-7H2,1-2H3,(H2,16,17,18,19,20). The lowest BCUT2D eigenvalue weighted by Gasteiger charge is -2.11. The Morgan fingerprint density at radius 3 is 2.54 bits per heavy atom. The fourth-order valence-corrected chi connectivity index (χ4v) is 5.01. The number of thioether (sulfide) groups is 1. The largest absolute Gasteiger partial charge is 0.481 e. The molecule has 0 radical (unpaired) electrons. The van der Waals surface area contributed by atoms with Crippen LogP contribution >= 0.6 is 11.8 Å². The third-order valence-electron chi connectivity index (χ3n) is 3.52. The predicted octanol–water partition coefficient (Wildman–Crippen LogP) is 1.65. The number of anilines is 1. The second kappa shape index (κ2) is 7.38. The predicted molar refractivity (Wildman–Crippen MR) is 95.3 cm³/mol. The molecule has 2 N–H and O–H groups in total. The smallest absolute Gasteiger partial charge is 0.335 e. The maximum absolute atomic E-state index is 12.6. The summed E-state index contributed by atoms with van der Waals surface area (Å²) in [5.74, 6) is 0.979. The van der Waals surface area contributed by atoms with Gasteiger partial charge in [0.25, 0.3) is 10.0 Å². The lowest BCUT2D eigenvalue weighted by atomic mass is 10.2. The van der Waals surface area contributed by atoms with Crippen LogP contribution in [0.3, 0.4) is 0 Å². The molecule has 1 aliphatic rings. The summed E-state index contributed by atoms with van der Waals surface area (Å²) in [6.45, 7) is 0. The molecule has 0 aliphatic carbocycles. The Kier molecular flexibility index (Phi) is 5.18. The molecule has 2 amide bonds. The molecule has 3 rings (SSSR count). The summed E-state index contributed by atoms with van der Waals surface area (Å²) in [5, 5.41) is 2.27. The summed E-state index contributed by atoms with van der Waals surface area (Å²) in [6.07, 6.45) is 0.799. The van der Waals surface area contributed by atoms with Gasteiger partial charge in [0, 0.05) is 10.6 Å². The molecule has 1 aliphatic heterocycles. The van der Waals surface area contributed by atoms with Crippen molar-refractivity contribution < 1.29 is 22.7 Å². The van der Waals surface area contributed by atoms with E-state index in [1.807, 2.05) is 10.8 Å². The van der Waals surface area contributed by atoms with Crippen molar-refractivity contribution in [2.24, 2.45) is 0 Å². The summed E-state index contributed by atoms with van der Waals surface area (Å²) in [7, 11) is -1.25. The van der Waals surface area contributed by atoms with Crippen molar-refractivity contribution in [1.29, 1.82) is 0 Å². The number of rotatable bonds is 5. The summed E-state index contributed by atoms with van der Waals surface area (Å²) in [5.41, 5.74) is 0.958. The van der Waals surface area contributed by atoms with Crippen LogP contribution in [-0.2, 0) is 16.4 Å². The van der Waals surface area contributed by atoms with E-state index < -0.39 is 16.1 Å². The van der Waals surface area contributed by atoms with Crippen molar-refractivity contribution in [2.45, 2.75) is 16.2 Å². The molecule has 9 nitrogen and oxygen atoms in total. The van der Waals surface area contributed by atoms with E-state index in [9.17, 15) is 13.2 Å². The van der Waals surface area contributed by atoms with Crippen LogP contribution in [0.5, 0.6) is 11.8 Å². The molecule has 1 aromatic carbocycles. The number of aryl methyl sites for hydroxylation is 1. The van der Waals surface area contributed by atoms with Gasteiger partial charge in [0.05, 0.1) is 20.3 Å². The number of urea groups is 1. The van der Waals surface area contributed by atoms with Crippen molar-refractivity contribution in [1.82, 2.24) is 14.7 Å². The van der Waals surface area contributed by atoms with Crippen molar-refractivity contribution >= 4 is 33.8 Å². The molecule has 138 valence electrons. The van der Waals surface area contributed by atoms with Gasteiger partial charge in [0.2, 0.25) is 17.7 Å². The van der Waals surface area contributed by atoms with Crippen LogP contribution in [-0.4, -0.2) is 44.4 Å². The number of sulfonamides is 1. The molecule has 0 fully saturated rings. The Balaban J connectivity index is 1.79. The highest BCUT2D eigenvalue weighted by molar-refractivity contribution is 8.00. The molecule has 0 atom stereocenters. The Morgan fingerprint density at radius 2 is 1.88 bits per heavy atom. The van der Waals surface area contributed by atoms with Gasteiger partial charge in [0.1, 0.15) is 4.90 Å². The van der Waals surface area contributed by atoms with Crippen LogP contribution in [0.4, 0.5) is 10.7 Å². The van der Waals surface area contributed by atoms with Crippen LogP contribution in [0.1, 0.15) is 5.56 Å². The number of fused-ring (bicyclic) bond motifs is 1. The molecule has 2 aromatic rings. The SMILES string of the molecule is COc1cc(OC)nc(NC(=O)NS(=O)(=O)c2cccc3c2SCC3)n1. The number of benzene rings is 1. The minimum atomic E-state index is -4.04. The zero-order valence-electron chi connectivity index (χ0n) is 14.0. The third-order valence-corrected chi connectivity index (χ3v) is 6.20. The zero-order chi connectivity index (χ0) is 18.7. The molecular weight excluding hydrogens is 380 g/mol. The topological polar surface area (TPSA) is 120 Å². The van der Waals surface area contributed by atoms with Gasteiger partial charge in [-0.25, -0.2) is 17.9 Å². The Hall–Kier alpha value is -2.53. The first-order valence-electron chi connectivity index (χ1n) is 7.48. The first-order chi connectivity index (χ1) is 12.4. The Bertz CT molecular complexity index is 927. The van der Waals surface area contributed by atoms with Gasteiger partial charge >= 0.3 is 6.03 Å². The second-order valence-electron chi connectivity index (χ2n) is 5.18. The van der Waals surface area contributed by atoms with E-state index in [-0.39, 0.29) is 22.6 Å². The zero-order valence-corrected chi connectivity index (χ0v) is 15.6. The van der Waals surface area contributed by atoms with Gasteiger partial charge in [-0.3, -0.25) is 5.32 Å². The fraction of sp³-hybridized carbons (Fsp3) is 0.267. The summed E-state index contributed by atoms with van der Waals surface area (Å²) in [4.78, 5) is 20.7. The van der Waals surface area contributed by atoms with E-state index in [1.165, 1.54) is 38.1 Å². The van der Waals surface area contributed by atoms with E-state index in [4.69, 9.17) is 9.47 Å². The molecule has 11 heteroatoms. The van der Waals surface area contributed by atoms with E-state index in [2.05, 4.69) is 15.3 Å². The average Bonchev–Trinajstić information content (AvgIpc) is 3.09. The van der Waals surface area contributed by atoms with Crippen molar-refractivity contribution in [2.75, 3.05) is 25.3 Å². The van der Waals surface area contributed by atoms with E-state index in [0.717, 1.165) is 17.7 Å². The van der Waals surface area contributed by atoms with Crippen LogP contribution < -0.4 is 19.5 Å². The first kappa shape index (κ1) is 18.3. The number of nitrogens with zero attached hydrogens (tertiary/aromatic N) is 2. The number of carbonyl (C=O) groups excluding carboxylic acids is 1. The quantitative estimate of drug-likeness (QED) is 0.783. The molecule has 0 saturated heterocycles. The highest BCUT2D eigenvalue weighted by atomic mass is 32.2. The number of methoxy groups -OCH3 is 2. The maximum Gasteiger partial charge on any atom is 0.335 e. The monoisotopic (exact) mass is 396 g/mol. The highest BCUT2D eigenvalue weighted by Gasteiger charge is 2.26. The lowest BCUT2D eigenvalue weighted by molar-refractivity contribution is 0.256. The lowest BCUT2D eigenvalue weighted by Crippen LogP contribution is -2.35. The summed E-state index contributed by atoms with van der Waals surface area (Å²) < 4.78 is 37.1. The summed E-state index contributed by atoms with van der Waals surface area (Å²) in [6, 6.07) is 5.45. The number of hydrogen-bond donors (Lipinski definition) is 2.